The first-order valence-electron chi connectivity index (χ1n) is 26.1. The van der Waals surface area contributed by atoms with Gasteiger partial charge in [-0.05, 0) is 158 Å². The van der Waals surface area contributed by atoms with Gasteiger partial charge in [0.25, 0.3) is 0 Å². The Morgan fingerprint density at radius 1 is 0.247 bits per heavy atom. The van der Waals surface area contributed by atoms with Gasteiger partial charge in [-0.2, -0.15) is 0 Å². The molecule has 0 atom stereocenters. The van der Waals surface area contributed by atoms with Crippen LogP contribution >= 0.6 is 0 Å². The number of rotatable bonds is 8. The Labute approximate surface area is 443 Å². The molecule has 5 heteroatoms. The Kier molecular flexibility index (Phi) is 9.57. The van der Waals surface area contributed by atoms with Crippen molar-refractivity contribution in [1.29, 1.82) is 0 Å². The molecular formula is C72H44N2O3. The van der Waals surface area contributed by atoms with Crippen molar-refractivity contribution in [2.24, 2.45) is 0 Å². The second-order valence-corrected chi connectivity index (χ2v) is 19.9. The van der Waals surface area contributed by atoms with Crippen molar-refractivity contribution in [2.45, 2.75) is 0 Å². The van der Waals surface area contributed by atoms with Gasteiger partial charge in [0.15, 0.2) is 11.2 Å². The minimum atomic E-state index is 0.843. The van der Waals surface area contributed by atoms with Gasteiger partial charge in [0.1, 0.15) is 22.7 Å². The summed E-state index contributed by atoms with van der Waals surface area (Å²) in [5.74, 6) is 1.70. The van der Waals surface area contributed by atoms with E-state index in [9.17, 15) is 0 Å². The van der Waals surface area contributed by atoms with Gasteiger partial charge in [0, 0.05) is 55.2 Å². The molecule has 0 saturated carbocycles. The summed E-state index contributed by atoms with van der Waals surface area (Å²) in [5, 5.41) is 11.5. The molecule has 77 heavy (non-hydrogen) atoms. The largest absolute Gasteiger partial charge is 0.456 e. The fourth-order valence-electron chi connectivity index (χ4n) is 12.1. The van der Waals surface area contributed by atoms with E-state index < -0.39 is 0 Å². The summed E-state index contributed by atoms with van der Waals surface area (Å²) in [4.78, 5) is 4.58. The minimum absolute atomic E-state index is 0.843. The van der Waals surface area contributed by atoms with Gasteiger partial charge in [-0.15, -0.1) is 0 Å². The predicted molar refractivity (Wildman–Crippen MR) is 319 cm³/mol. The van der Waals surface area contributed by atoms with Crippen LogP contribution in [0.25, 0.3) is 110 Å². The molecular weight excluding hydrogens is 941 g/mol. The van der Waals surface area contributed by atoms with Crippen LogP contribution in [0.15, 0.2) is 276 Å². The number of para-hydroxylation sites is 6. The molecule has 0 N–H and O–H groups in total. The first-order valence-corrected chi connectivity index (χ1v) is 26.1. The van der Waals surface area contributed by atoms with E-state index in [0.717, 1.165) is 117 Å². The maximum atomic E-state index is 6.93. The summed E-state index contributed by atoms with van der Waals surface area (Å²) in [6.07, 6.45) is 0. The zero-order chi connectivity index (χ0) is 50.6. The Bertz CT molecular complexity index is 4830. The first kappa shape index (κ1) is 43.1. The monoisotopic (exact) mass is 984 g/mol. The molecule has 5 nitrogen and oxygen atoms in total. The summed E-state index contributed by atoms with van der Waals surface area (Å²) in [5.41, 5.74) is 16.4. The Balaban J connectivity index is 0.771. The summed E-state index contributed by atoms with van der Waals surface area (Å²) >= 11 is 0. The van der Waals surface area contributed by atoms with Gasteiger partial charge in [0.05, 0.1) is 11.4 Å². The zero-order valence-corrected chi connectivity index (χ0v) is 41.5. The third-order valence-corrected chi connectivity index (χ3v) is 15.6. The van der Waals surface area contributed by atoms with E-state index in [0.29, 0.717) is 0 Å². The lowest BCUT2D eigenvalue weighted by molar-refractivity contribution is 0.487. The van der Waals surface area contributed by atoms with E-state index in [1.165, 1.54) is 38.1 Å². The highest BCUT2D eigenvalue weighted by Crippen LogP contribution is 2.52. The zero-order valence-electron chi connectivity index (χ0n) is 41.5. The SMILES string of the molecule is c1ccc(N(c2ccc(-c3ccc4c(c3)Oc3cccc5c3c-4cc3c4ccccc4c(-c4ccc(N(c6ccccc6)c6cccc7c6oc6ccccc67)cc4)cc53)cc2)c2cccc3c2oc2ccccc23)cc1. The van der Waals surface area contributed by atoms with Gasteiger partial charge in [-0.3, -0.25) is 0 Å². The summed E-state index contributed by atoms with van der Waals surface area (Å²) in [7, 11) is 0. The fraction of sp³-hybridized carbons (Fsp3) is 0. The molecule has 15 aromatic rings. The third-order valence-electron chi connectivity index (χ3n) is 15.6. The van der Waals surface area contributed by atoms with E-state index in [4.69, 9.17) is 13.6 Å². The van der Waals surface area contributed by atoms with Crippen molar-refractivity contribution in [2.75, 3.05) is 9.80 Å². The van der Waals surface area contributed by atoms with Crippen LogP contribution in [0.2, 0.25) is 0 Å². The second kappa shape index (κ2) is 17.1. The molecule has 13 aromatic carbocycles. The lowest BCUT2D eigenvalue weighted by Crippen LogP contribution is -2.10. The maximum absolute atomic E-state index is 6.93. The quantitative estimate of drug-likeness (QED) is 0.142. The number of fused-ring (bicyclic) bond motifs is 12. The molecule has 0 bridgehead atoms. The highest BCUT2D eigenvalue weighted by molar-refractivity contribution is 6.25. The molecule has 0 spiro atoms. The van der Waals surface area contributed by atoms with Gasteiger partial charge in [0.2, 0.25) is 0 Å². The minimum Gasteiger partial charge on any atom is -0.456 e. The number of hydrogen-bond acceptors (Lipinski definition) is 5. The molecule has 0 unspecified atom stereocenters. The average Bonchev–Trinajstić information content (AvgIpc) is 4.15. The number of furan rings is 2. The topological polar surface area (TPSA) is 42.0 Å². The smallest absolute Gasteiger partial charge is 0.159 e. The van der Waals surface area contributed by atoms with Crippen LogP contribution in [0, 0.1) is 0 Å². The second-order valence-electron chi connectivity index (χ2n) is 19.9. The van der Waals surface area contributed by atoms with Crippen LogP contribution in [0.5, 0.6) is 11.5 Å². The van der Waals surface area contributed by atoms with Gasteiger partial charge in [-0.1, -0.05) is 164 Å². The number of nitrogens with zero attached hydrogens (tertiary/aromatic N) is 2. The molecule has 1 aliphatic heterocycles. The molecule has 0 radical (unpaired) electrons. The number of anilines is 6. The summed E-state index contributed by atoms with van der Waals surface area (Å²) in [6.45, 7) is 0. The van der Waals surface area contributed by atoms with Crippen molar-refractivity contribution in [3.05, 3.63) is 267 Å². The van der Waals surface area contributed by atoms with Crippen molar-refractivity contribution < 1.29 is 13.6 Å². The molecule has 16 rings (SSSR count). The molecule has 3 heterocycles. The molecule has 0 fully saturated rings. The Morgan fingerprint density at radius 3 is 1.31 bits per heavy atom. The van der Waals surface area contributed by atoms with Crippen molar-refractivity contribution in [1.82, 2.24) is 0 Å². The van der Waals surface area contributed by atoms with Gasteiger partial charge in [-0.25, -0.2) is 0 Å². The van der Waals surface area contributed by atoms with E-state index >= 15 is 0 Å². The fourth-order valence-corrected chi connectivity index (χ4v) is 12.1. The standard InChI is InChI=1S/C72H44N2O3/c1-3-16-48(17-4-1)73(64-27-13-25-58-54-22-9-11-29-66(54)76-71(58)64)50-37-32-45(33-38-50)47-36-41-56-63-44-61-53-21-8-7-20-52(53)60(43-62(61)57-24-15-31-68(70(57)63)75-69(56)42-47)46-34-39-51(40-35-46)74(49-18-5-2-6-19-49)65-28-14-26-59-55-23-10-12-30-67(55)77-72(59)65/h1-44H. The van der Waals surface area contributed by atoms with Crippen LogP contribution < -0.4 is 14.5 Å². The van der Waals surface area contributed by atoms with Crippen molar-refractivity contribution >= 4 is 110 Å². The number of hydrogen-bond donors (Lipinski definition) is 0. The Morgan fingerprint density at radius 2 is 0.701 bits per heavy atom. The molecule has 0 aliphatic carbocycles. The van der Waals surface area contributed by atoms with Crippen LogP contribution in [0.4, 0.5) is 34.1 Å². The van der Waals surface area contributed by atoms with Gasteiger partial charge >= 0.3 is 0 Å². The predicted octanol–water partition coefficient (Wildman–Crippen LogP) is 21.0. The van der Waals surface area contributed by atoms with E-state index in [1.54, 1.807) is 0 Å². The van der Waals surface area contributed by atoms with Crippen molar-refractivity contribution in [3.8, 4) is 44.9 Å². The summed E-state index contributed by atoms with van der Waals surface area (Å²) in [6, 6.07) is 94.9. The lowest BCUT2D eigenvalue weighted by atomic mass is 9.86. The number of benzene rings is 13. The lowest BCUT2D eigenvalue weighted by Gasteiger charge is -2.26. The van der Waals surface area contributed by atoms with Crippen LogP contribution in [-0.4, -0.2) is 0 Å². The van der Waals surface area contributed by atoms with Crippen LogP contribution in [-0.2, 0) is 0 Å². The highest BCUT2D eigenvalue weighted by Gasteiger charge is 2.26. The summed E-state index contributed by atoms with van der Waals surface area (Å²) < 4.78 is 20.1. The number of ether oxygens (including phenoxy) is 1. The molecule has 0 amide bonds. The Hall–Kier alpha value is -10.4. The van der Waals surface area contributed by atoms with E-state index in [-0.39, 0.29) is 0 Å². The van der Waals surface area contributed by atoms with Gasteiger partial charge < -0.3 is 23.4 Å². The van der Waals surface area contributed by atoms with E-state index in [2.05, 4.69) is 252 Å². The molecule has 0 saturated heterocycles. The molecule has 360 valence electrons. The normalized spacial score (nSPS) is 12.0. The molecule has 2 aromatic heterocycles. The van der Waals surface area contributed by atoms with Crippen molar-refractivity contribution in [3.63, 3.8) is 0 Å². The highest BCUT2D eigenvalue weighted by atomic mass is 16.5. The first-order chi connectivity index (χ1) is 38.2. The third kappa shape index (κ3) is 6.81. The average molecular weight is 985 g/mol. The van der Waals surface area contributed by atoms with Crippen LogP contribution in [0.1, 0.15) is 0 Å². The van der Waals surface area contributed by atoms with E-state index in [1.807, 2.05) is 24.3 Å². The van der Waals surface area contributed by atoms with Crippen LogP contribution in [0.3, 0.4) is 0 Å². The maximum Gasteiger partial charge on any atom is 0.159 e. The molecule has 1 aliphatic rings.